The highest BCUT2D eigenvalue weighted by molar-refractivity contribution is 7.99. The number of carbonyl (C=O) groups excluding carboxylic acids is 1. The van der Waals surface area contributed by atoms with Crippen molar-refractivity contribution in [2.24, 2.45) is 0 Å². The van der Waals surface area contributed by atoms with Gasteiger partial charge in [-0.3, -0.25) is 4.79 Å². The van der Waals surface area contributed by atoms with Gasteiger partial charge in [-0.1, -0.05) is 30.3 Å². The van der Waals surface area contributed by atoms with Gasteiger partial charge in [-0.2, -0.15) is 24.9 Å². The Bertz CT molecular complexity index is 412. The second-order valence-electron chi connectivity index (χ2n) is 4.15. The minimum atomic E-state index is -4.70. The van der Waals surface area contributed by atoms with Crippen molar-refractivity contribution in [2.75, 3.05) is 18.1 Å². The highest BCUT2D eigenvalue weighted by Crippen LogP contribution is 2.19. The fourth-order valence-electron chi connectivity index (χ4n) is 1.38. The molecule has 0 aromatic heterocycles. The summed E-state index contributed by atoms with van der Waals surface area (Å²) < 4.78 is 36.0. The van der Waals surface area contributed by atoms with Crippen LogP contribution >= 0.6 is 11.8 Å². The van der Waals surface area contributed by atoms with Gasteiger partial charge in [-0.05, 0) is 17.7 Å². The highest BCUT2D eigenvalue weighted by Gasteiger charge is 2.38. The SMILES string of the molecule is O=C(CSCCc1ccccc1)NCC(O)C(F)(F)F. The molecule has 0 aliphatic heterocycles. The van der Waals surface area contributed by atoms with Crippen LogP contribution in [0, 0.1) is 0 Å². The summed E-state index contributed by atoms with van der Waals surface area (Å²) in [6.45, 7) is -0.804. The highest BCUT2D eigenvalue weighted by atomic mass is 32.2. The number of rotatable bonds is 7. The van der Waals surface area contributed by atoms with Crippen molar-refractivity contribution in [3.8, 4) is 0 Å². The van der Waals surface area contributed by atoms with Crippen LogP contribution in [0.2, 0.25) is 0 Å². The number of nitrogens with one attached hydrogen (secondary N) is 1. The normalized spacial score (nSPS) is 13.0. The van der Waals surface area contributed by atoms with Crippen molar-refractivity contribution in [2.45, 2.75) is 18.7 Å². The molecule has 0 spiro atoms. The summed E-state index contributed by atoms with van der Waals surface area (Å²) in [4.78, 5) is 11.3. The van der Waals surface area contributed by atoms with Crippen molar-refractivity contribution in [1.29, 1.82) is 0 Å². The van der Waals surface area contributed by atoms with E-state index in [1.165, 1.54) is 11.8 Å². The second kappa shape index (κ2) is 8.16. The predicted octanol–water partition coefficient (Wildman–Crippen LogP) is 2.00. The third kappa shape index (κ3) is 6.81. The molecule has 1 rings (SSSR count). The molecule has 1 amide bonds. The molecule has 3 nitrogen and oxygen atoms in total. The quantitative estimate of drug-likeness (QED) is 0.758. The summed E-state index contributed by atoms with van der Waals surface area (Å²) in [7, 11) is 0. The minimum Gasteiger partial charge on any atom is -0.382 e. The van der Waals surface area contributed by atoms with Crippen LogP contribution in [0.3, 0.4) is 0 Å². The molecule has 0 fully saturated rings. The minimum absolute atomic E-state index is 0.0808. The molecule has 1 unspecified atom stereocenters. The summed E-state index contributed by atoms with van der Waals surface area (Å²) in [5.41, 5.74) is 1.15. The fraction of sp³-hybridized carbons (Fsp3) is 0.462. The van der Waals surface area contributed by atoms with Crippen LogP contribution in [0.25, 0.3) is 0 Å². The van der Waals surface area contributed by atoms with Gasteiger partial charge >= 0.3 is 6.18 Å². The molecule has 2 N–H and O–H groups in total. The molecule has 1 atom stereocenters. The molecular weight excluding hydrogens is 291 g/mol. The number of benzene rings is 1. The fourth-order valence-corrected chi connectivity index (χ4v) is 2.19. The average molecular weight is 307 g/mol. The second-order valence-corrected chi connectivity index (χ2v) is 5.25. The molecule has 0 bridgehead atoms. The van der Waals surface area contributed by atoms with Crippen molar-refractivity contribution >= 4 is 17.7 Å². The van der Waals surface area contributed by atoms with Gasteiger partial charge in [0.15, 0.2) is 6.10 Å². The molecule has 20 heavy (non-hydrogen) atoms. The summed E-state index contributed by atoms with van der Waals surface area (Å²) >= 11 is 1.34. The van der Waals surface area contributed by atoms with Gasteiger partial charge in [0.25, 0.3) is 0 Å². The van der Waals surface area contributed by atoms with E-state index in [-0.39, 0.29) is 5.75 Å². The maximum Gasteiger partial charge on any atom is 0.416 e. The molecule has 112 valence electrons. The standard InChI is InChI=1S/C13H16F3NO2S/c14-13(15,16)11(18)8-17-12(19)9-20-7-6-10-4-2-1-3-5-10/h1-5,11,18H,6-9H2,(H,17,19). The van der Waals surface area contributed by atoms with E-state index < -0.39 is 24.7 Å². The van der Waals surface area contributed by atoms with Gasteiger partial charge in [0, 0.05) is 0 Å². The third-order valence-electron chi connectivity index (χ3n) is 2.48. The van der Waals surface area contributed by atoms with Crippen LogP contribution in [0.15, 0.2) is 30.3 Å². The monoisotopic (exact) mass is 307 g/mol. The number of halogens is 3. The largest absolute Gasteiger partial charge is 0.416 e. The number of alkyl halides is 3. The molecule has 0 heterocycles. The molecule has 0 saturated heterocycles. The van der Waals surface area contributed by atoms with Crippen LogP contribution in [-0.4, -0.2) is 41.3 Å². The van der Waals surface area contributed by atoms with Crippen molar-refractivity contribution in [3.05, 3.63) is 35.9 Å². The van der Waals surface area contributed by atoms with Gasteiger partial charge in [-0.25, -0.2) is 0 Å². The Labute approximate surface area is 119 Å². The number of amides is 1. The number of aliphatic hydroxyl groups excluding tert-OH is 1. The topological polar surface area (TPSA) is 49.3 Å². The maximum absolute atomic E-state index is 12.0. The van der Waals surface area contributed by atoms with E-state index in [1.807, 2.05) is 30.3 Å². The van der Waals surface area contributed by atoms with Gasteiger partial charge < -0.3 is 10.4 Å². The lowest BCUT2D eigenvalue weighted by Gasteiger charge is -2.14. The Morgan fingerprint density at radius 2 is 1.95 bits per heavy atom. The lowest BCUT2D eigenvalue weighted by molar-refractivity contribution is -0.201. The Hall–Kier alpha value is -1.21. The summed E-state index contributed by atoms with van der Waals surface area (Å²) in [5.74, 6) is 0.280. The lowest BCUT2D eigenvalue weighted by atomic mass is 10.2. The Balaban J connectivity index is 2.12. The Kier molecular flexibility index (Phi) is 6.87. The molecular formula is C13H16F3NO2S. The zero-order valence-corrected chi connectivity index (χ0v) is 11.5. The van der Waals surface area contributed by atoms with Crippen LogP contribution in [0.5, 0.6) is 0 Å². The van der Waals surface area contributed by atoms with E-state index in [0.717, 1.165) is 12.0 Å². The predicted molar refractivity (Wildman–Crippen MR) is 72.5 cm³/mol. The van der Waals surface area contributed by atoms with E-state index in [4.69, 9.17) is 5.11 Å². The van der Waals surface area contributed by atoms with E-state index in [2.05, 4.69) is 5.32 Å². The number of hydrogen-bond acceptors (Lipinski definition) is 3. The number of thioether (sulfide) groups is 1. The summed E-state index contributed by atoms with van der Waals surface area (Å²) in [6.07, 6.45) is -6.42. The lowest BCUT2D eigenvalue weighted by Crippen LogP contribution is -2.41. The third-order valence-corrected chi connectivity index (χ3v) is 3.44. The Morgan fingerprint density at radius 3 is 2.55 bits per heavy atom. The van der Waals surface area contributed by atoms with Crippen LogP contribution in [-0.2, 0) is 11.2 Å². The van der Waals surface area contributed by atoms with Crippen LogP contribution in [0.4, 0.5) is 13.2 Å². The summed E-state index contributed by atoms with van der Waals surface area (Å²) in [6, 6.07) is 9.70. The number of carbonyl (C=O) groups is 1. The average Bonchev–Trinajstić information content (AvgIpc) is 2.41. The number of hydrogen-bond donors (Lipinski definition) is 2. The first-order valence-electron chi connectivity index (χ1n) is 6.02. The molecule has 0 radical (unpaired) electrons. The number of aliphatic hydroxyl groups is 1. The van der Waals surface area contributed by atoms with Crippen molar-refractivity contribution in [3.63, 3.8) is 0 Å². The maximum atomic E-state index is 12.0. The van der Waals surface area contributed by atoms with Crippen LogP contribution < -0.4 is 5.32 Å². The van der Waals surface area contributed by atoms with E-state index >= 15 is 0 Å². The van der Waals surface area contributed by atoms with E-state index in [9.17, 15) is 18.0 Å². The first kappa shape index (κ1) is 16.8. The molecule has 1 aromatic rings. The zero-order valence-electron chi connectivity index (χ0n) is 10.7. The van der Waals surface area contributed by atoms with Crippen molar-refractivity contribution in [1.82, 2.24) is 5.32 Å². The molecule has 7 heteroatoms. The molecule has 0 aliphatic rings. The first-order chi connectivity index (χ1) is 9.39. The first-order valence-corrected chi connectivity index (χ1v) is 7.18. The van der Waals surface area contributed by atoms with Gasteiger partial charge in [0.05, 0.1) is 12.3 Å². The number of aryl methyl sites for hydroxylation is 1. The van der Waals surface area contributed by atoms with Gasteiger partial charge in [-0.15, -0.1) is 0 Å². The van der Waals surface area contributed by atoms with Gasteiger partial charge in [0.1, 0.15) is 0 Å². The van der Waals surface area contributed by atoms with E-state index in [0.29, 0.717) is 5.75 Å². The van der Waals surface area contributed by atoms with E-state index in [1.54, 1.807) is 0 Å². The molecule has 0 saturated carbocycles. The molecule has 0 aliphatic carbocycles. The summed E-state index contributed by atoms with van der Waals surface area (Å²) in [5, 5.41) is 10.8. The van der Waals surface area contributed by atoms with Crippen molar-refractivity contribution < 1.29 is 23.1 Å². The van der Waals surface area contributed by atoms with Crippen LogP contribution in [0.1, 0.15) is 5.56 Å². The molecule has 1 aromatic carbocycles. The van der Waals surface area contributed by atoms with Gasteiger partial charge in [0.2, 0.25) is 5.91 Å². The smallest absolute Gasteiger partial charge is 0.382 e. The zero-order chi connectivity index (χ0) is 15.0. The Morgan fingerprint density at radius 1 is 1.30 bits per heavy atom.